The summed E-state index contributed by atoms with van der Waals surface area (Å²) in [6.45, 7) is 7.28. The Balaban J connectivity index is 2.46. The van der Waals surface area contributed by atoms with E-state index in [-0.39, 0.29) is 24.2 Å². The van der Waals surface area contributed by atoms with Crippen molar-refractivity contribution in [1.82, 2.24) is 4.90 Å². The zero-order valence-corrected chi connectivity index (χ0v) is 11.3. The molecule has 17 heavy (non-hydrogen) atoms. The van der Waals surface area contributed by atoms with Crippen molar-refractivity contribution < 1.29 is 9.53 Å². The summed E-state index contributed by atoms with van der Waals surface area (Å²) in [5, 5.41) is 0. The van der Waals surface area contributed by atoms with Crippen molar-refractivity contribution in [3.05, 3.63) is 0 Å². The predicted molar refractivity (Wildman–Crippen MR) is 68.7 cm³/mol. The van der Waals surface area contributed by atoms with E-state index in [2.05, 4.69) is 0 Å². The Kier molecular flexibility index (Phi) is 5.92. The molecule has 0 aromatic heterocycles. The molecule has 4 heteroatoms. The van der Waals surface area contributed by atoms with Gasteiger partial charge in [-0.15, -0.1) is 0 Å². The first-order valence-electron chi connectivity index (χ1n) is 6.79. The number of nitrogens with two attached hydrogens (primary N) is 1. The average molecular weight is 242 g/mol. The van der Waals surface area contributed by atoms with Crippen LogP contribution in [0.1, 0.15) is 46.5 Å². The van der Waals surface area contributed by atoms with Crippen LogP contribution in [0.15, 0.2) is 0 Å². The number of hydrogen-bond acceptors (Lipinski definition) is 3. The zero-order chi connectivity index (χ0) is 12.8. The molecule has 0 aliphatic heterocycles. The molecule has 1 aliphatic carbocycles. The molecule has 0 radical (unpaired) electrons. The van der Waals surface area contributed by atoms with E-state index in [0.717, 1.165) is 32.4 Å². The highest BCUT2D eigenvalue weighted by Crippen LogP contribution is 2.21. The lowest BCUT2D eigenvalue weighted by molar-refractivity contribution is -0.147. The maximum Gasteiger partial charge on any atom is 0.251 e. The number of carbonyl (C=O) groups is 1. The van der Waals surface area contributed by atoms with Crippen molar-refractivity contribution in [2.75, 3.05) is 13.1 Å². The van der Waals surface area contributed by atoms with Crippen LogP contribution in [-0.4, -0.2) is 42.1 Å². The second-order valence-corrected chi connectivity index (χ2v) is 4.78. The van der Waals surface area contributed by atoms with E-state index in [1.165, 1.54) is 6.42 Å². The van der Waals surface area contributed by atoms with Gasteiger partial charge in [0.1, 0.15) is 6.10 Å². The first-order chi connectivity index (χ1) is 8.10. The molecule has 1 aliphatic rings. The minimum Gasteiger partial charge on any atom is -0.364 e. The van der Waals surface area contributed by atoms with Crippen molar-refractivity contribution >= 4 is 5.91 Å². The van der Waals surface area contributed by atoms with E-state index in [1.807, 2.05) is 20.8 Å². The van der Waals surface area contributed by atoms with E-state index in [9.17, 15) is 4.79 Å². The van der Waals surface area contributed by atoms with Crippen molar-refractivity contribution in [3.8, 4) is 0 Å². The highest BCUT2D eigenvalue weighted by molar-refractivity contribution is 5.80. The van der Waals surface area contributed by atoms with Gasteiger partial charge in [0.25, 0.3) is 5.91 Å². The molecule has 0 aromatic carbocycles. The van der Waals surface area contributed by atoms with E-state index in [0.29, 0.717) is 0 Å². The van der Waals surface area contributed by atoms with Gasteiger partial charge >= 0.3 is 0 Å². The van der Waals surface area contributed by atoms with Crippen molar-refractivity contribution in [2.24, 2.45) is 5.73 Å². The molecule has 0 bridgehead atoms. The molecule has 0 spiro atoms. The molecule has 3 atom stereocenters. The van der Waals surface area contributed by atoms with E-state index >= 15 is 0 Å². The normalized spacial score (nSPS) is 26.6. The van der Waals surface area contributed by atoms with Gasteiger partial charge < -0.3 is 15.4 Å². The molecule has 1 saturated carbocycles. The van der Waals surface area contributed by atoms with Gasteiger partial charge in [-0.2, -0.15) is 0 Å². The van der Waals surface area contributed by atoms with Gasteiger partial charge in [-0.3, -0.25) is 4.79 Å². The van der Waals surface area contributed by atoms with Crippen LogP contribution in [0.4, 0.5) is 0 Å². The third-order valence-electron chi connectivity index (χ3n) is 3.56. The summed E-state index contributed by atoms with van der Waals surface area (Å²) in [6, 6.07) is 0.0932. The summed E-state index contributed by atoms with van der Waals surface area (Å²) in [7, 11) is 0. The molecule has 100 valence electrons. The Bertz CT molecular complexity index is 242. The monoisotopic (exact) mass is 242 g/mol. The number of hydrogen-bond donors (Lipinski definition) is 1. The molecule has 3 unspecified atom stereocenters. The minimum absolute atomic E-state index is 0.0539. The Hall–Kier alpha value is -0.610. The third kappa shape index (κ3) is 3.96. The van der Waals surface area contributed by atoms with Gasteiger partial charge in [-0.25, -0.2) is 0 Å². The largest absolute Gasteiger partial charge is 0.364 e. The highest BCUT2D eigenvalue weighted by atomic mass is 16.5. The molecule has 0 saturated heterocycles. The second-order valence-electron chi connectivity index (χ2n) is 4.78. The topological polar surface area (TPSA) is 55.6 Å². The van der Waals surface area contributed by atoms with Crippen LogP contribution in [0.5, 0.6) is 0 Å². The lowest BCUT2D eigenvalue weighted by atomic mass is 9.93. The fourth-order valence-electron chi connectivity index (χ4n) is 2.41. The van der Waals surface area contributed by atoms with Gasteiger partial charge in [0.05, 0.1) is 6.10 Å². The van der Waals surface area contributed by atoms with Gasteiger partial charge in [0, 0.05) is 19.1 Å². The molecule has 2 N–H and O–H groups in total. The number of likely N-dealkylation sites (N-methyl/N-ethyl adjacent to an activating group) is 1. The average Bonchev–Trinajstić information content (AvgIpc) is 2.33. The van der Waals surface area contributed by atoms with Crippen LogP contribution in [0.2, 0.25) is 0 Å². The van der Waals surface area contributed by atoms with Gasteiger partial charge in [-0.05, 0) is 33.6 Å². The molecule has 0 heterocycles. The van der Waals surface area contributed by atoms with E-state index < -0.39 is 0 Å². The number of nitrogens with zero attached hydrogens (tertiary/aromatic N) is 1. The minimum atomic E-state index is -0.371. The molecular weight excluding hydrogens is 216 g/mol. The zero-order valence-electron chi connectivity index (χ0n) is 11.3. The molecule has 4 nitrogen and oxygen atoms in total. The maximum absolute atomic E-state index is 12.0. The highest BCUT2D eigenvalue weighted by Gasteiger charge is 2.27. The maximum atomic E-state index is 12.0. The smallest absolute Gasteiger partial charge is 0.251 e. The first-order valence-corrected chi connectivity index (χ1v) is 6.79. The number of carbonyl (C=O) groups excluding carboxylic acids is 1. The second kappa shape index (κ2) is 6.97. The summed E-state index contributed by atoms with van der Waals surface area (Å²) < 4.78 is 5.83. The molecule has 1 fully saturated rings. The summed E-state index contributed by atoms with van der Waals surface area (Å²) >= 11 is 0. The Labute approximate surface area is 104 Å². The molecule has 1 rings (SSSR count). The first kappa shape index (κ1) is 14.5. The quantitative estimate of drug-likeness (QED) is 0.795. The fraction of sp³-hybridized carbons (Fsp3) is 0.923. The van der Waals surface area contributed by atoms with E-state index in [1.54, 1.807) is 4.90 Å². The van der Waals surface area contributed by atoms with Crippen molar-refractivity contribution in [2.45, 2.75) is 64.7 Å². The number of amides is 1. The predicted octanol–water partition coefficient (Wildman–Crippen LogP) is 1.53. The van der Waals surface area contributed by atoms with Crippen LogP contribution in [0.25, 0.3) is 0 Å². The van der Waals surface area contributed by atoms with Crippen LogP contribution >= 0.6 is 0 Å². The lowest BCUT2D eigenvalue weighted by Gasteiger charge is -2.32. The SMILES string of the molecule is CCN(CC)C(=O)C(C)OC1CCCCC1N. The summed E-state index contributed by atoms with van der Waals surface area (Å²) in [5.74, 6) is 0.0766. The third-order valence-corrected chi connectivity index (χ3v) is 3.56. The van der Waals surface area contributed by atoms with Gasteiger partial charge in [-0.1, -0.05) is 12.8 Å². The molecule has 0 aromatic rings. The van der Waals surface area contributed by atoms with Gasteiger partial charge in [0.2, 0.25) is 0 Å². The lowest BCUT2D eigenvalue weighted by Crippen LogP contribution is -2.45. The van der Waals surface area contributed by atoms with E-state index in [4.69, 9.17) is 10.5 Å². The van der Waals surface area contributed by atoms with Crippen LogP contribution in [0, 0.1) is 0 Å². The Morgan fingerprint density at radius 2 is 1.94 bits per heavy atom. The number of ether oxygens (including phenoxy) is 1. The fourth-order valence-corrected chi connectivity index (χ4v) is 2.41. The summed E-state index contributed by atoms with van der Waals surface area (Å²) in [5.41, 5.74) is 6.02. The number of rotatable bonds is 5. The van der Waals surface area contributed by atoms with Crippen LogP contribution < -0.4 is 5.73 Å². The Morgan fingerprint density at radius 3 is 2.47 bits per heavy atom. The standard InChI is InChI=1S/C13H26N2O2/c1-4-15(5-2)13(16)10(3)17-12-9-7-6-8-11(12)14/h10-12H,4-9,14H2,1-3H3. The van der Waals surface area contributed by atoms with Crippen molar-refractivity contribution in [1.29, 1.82) is 0 Å². The summed E-state index contributed by atoms with van der Waals surface area (Å²) in [6.07, 6.45) is 4.01. The molecular formula is C13H26N2O2. The van der Waals surface area contributed by atoms with Gasteiger partial charge in [0.15, 0.2) is 0 Å². The van der Waals surface area contributed by atoms with Crippen molar-refractivity contribution in [3.63, 3.8) is 0 Å². The molecule has 1 amide bonds. The summed E-state index contributed by atoms with van der Waals surface area (Å²) in [4.78, 5) is 13.9. The Morgan fingerprint density at radius 1 is 1.35 bits per heavy atom. The van der Waals surface area contributed by atoms with Crippen LogP contribution in [-0.2, 0) is 9.53 Å². The van der Waals surface area contributed by atoms with Crippen LogP contribution in [0.3, 0.4) is 0 Å².